The van der Waals surface area contributed by atoms with Crippen LogP contribution < -0.4 is 16.4 Å². The van der Waals surface area contributed by atoms with E-state index in [4.69, 9.17) is 14.9 Å². The standard InChI is InChI=1S/C22H32N8O5S/c1-4-5-6-9-34-12-29-18(26-27-28-29)17-22(2,3)36-21-16(20(33)30(17)21)25-19(32)15(24-14(31)11-23)13-8-7-10-35-13/h7-8,10,15-17,21H,4-6,9,11-12,23H2,1-3H3,(H,24,31)(H,25,32)/t15?,16?,17?,21-/m0/s1. The summed E-state index contributed by atoms with van der Waals surface area (Å²) in [4.78, 5) is 39.9. The predicted octanol–water partition coefficient (Wildman–Crippen LogP) is 0.466. The van der Waals surface area contributed by atoms with Crippen LogP contribution in [-0.2, 0) is 25.9 Å². The van der Waals surface area contributed by atoms with Crippen molar-refractivity contribution < 1.29 is 23.5 Å². The Morgan fingerprint density at radius 2 is 2.17 bits per heavy atom. The van der Waals surface area contributed by atoms with Gasteiger partial charge in [0, 0.05) is 11.4 Å². The Bertz CT molecular complexity index is 1070. The normalized spacial score (nSPS) is 23.2. The van der Waals surface area contributed by atoms with Gasteiger partial charge in [-0.3, -0.25) is 14.4 Å². The molecule has 0 aromatic carbocycles. The Labute approximate surface area is 212 Å². The van der Waals surface area contributed by atoms with E-state index in [1.807, 2.05) is 13.8 Å². The van der Waals surface area contributed by atoms with Crippen LogP contribution in [0.3, 0.4) is 0 Å². The predicted molar refractivity (Wildman–Crippen MR) is 129 cm³/mol. The van der Waals surface area contributed by atoms with E-state index in [9.17, 15) is 14.4 Å². The number of nitrogens with one attached hydrogen (secondary N) is 2. The minimum Gasteiger partial charge on any atom is -0.467 e. The molecule has 0 saturated carbocycles. The SMILES string of the molecule is CCCCCOCn1nnnc1C1N2C(=O)C(NC(=O)C(NC(=O)CN)c3ccco3)[C@@H]2SC1(C)C. The van der Waals surface area contributed by atoms with Crippen molar-refractivity contribution in [2.45, 2.75) is 75.0 Å². The summed E-state index contributed by atoms with van der Waals surface area (Å²) in [5.74, 6) is -0.552. The molecule has 36 heavy (non-hydrogen) atoms. The maximum absolute atomic E-state index is 13.3. The number of tetrazole rings is 1. The van der Waals surface area contributed by atoms with Gasteiger partial charge in [-0.15, -0.1) is 16.9 Å². The Morgan fingerprint density at radius 1 is 1.36 bits per heavy atom. The van der Waals surface area contributed by atoms with Crippen molar-refractivity contribution in [3.05, 3.63) is 30.0 Å². The summed E-state index contributed by atoms with van der Waals surface area (Å²) >= 11 is 1.56. The number of nitrogens with zero attached hydrogens (tertiary/aromatic N) is 5. The summed E-state index contributed by atoms with van der Waals surface area (Å²) in [6.07, 6.45) is 4.54. The number of rotatable bonds is 12. The average Bonchev–Trinajstić information content (AvgIpc) is 3.59. The molecule has 3 unspecified atom stereocenters. The van der Waals surface area contributed by atoms with Crippen LogP contribution in [0.1, 0.15) is 63.7 Å². The highest BCUT2D eigenvalue weighted by Gasteiger charge is 2.63. The fourth-order valence-electron chi connectivity index (χ4n) is 4.45. The van der Waals surface area contributed by atoms with Crippen molar-refractivity contribution in [2.24, 2.45) is 5.73 Å². The number of ether oxygens (including phenoxy) is 1. The molecule has 13 nitrogen and oxygen atoms in total. The average molecular weight is 521 g/mol. The van der Waals surface area contributed by atoms with Crippen LogP contribution in [0.4, 0.5) is 0 Å². The second-order valence-corrected chi connectivity index (χ2v) is 11.0. The molecule has 2 aliphatic heterocycles. The van der Waals surface area contributed by atoms with Crippen LogP contribution in [0.15, 0.2) is 22.8 Å². The van der Waals surface area contributed by atoms with Crippen LogP contribution in [0.5, 0.6) is 0 Å². The first kappa shape index (κ1) is 26.1. The van der Waals surface area contributed by atoms with Gasteiger partial charge in [-0.1, -0.05) is 19.8 Å². The highest BCUT2D eigenvalue weighted by atomic mass is 32.2. The number of thioether (sulfide) groups is 1. The number of carbonyl (C=O) groups is 3. The van der Waals surface area contributed by atoms with Gasteiger partial charge in [-0.05, 0) is 42.8 Å². The second-order valence-electron chi connectivity index (χ2n) is 9.25. The molecule has 4 atom stereocenters. The fraction of sp³-hybridized carbons (Fsp3) is 0.636. The van der Waals surface area contributed by atoms with E-state index in [1.54, 1.807) is 33.5 Å². The summed E-state index contributed by atoms with van der Waals surface area (Å²) < 4.78 is 12.2. The molecule has 2 saturated heterocycles. The maximum Gasteiger partial charge on any atom is 0.251 e. The first-order chi connectivity index (χ1) is 17.3. The number of aromatic nitrogens is 4. The number of carbonyl (C=O) groups excluding carboxylic acids is 3. The third-order valence-electron chi connectivity index (χ3n) is 6.23. The van der Waals surface area contributed by atoms with Crippen LogP contribution >= 0.6 is 11.8 Å². The number of furan rings is 1. The van der Waals surface area contributed by atoms with E-state index in [0.717, 1.165) is 19.3 Å². The maximum atomic E-state index is 13.3. The number of β-lactam (4-membered cyclic amide) rings is 1. The fourth-order valence-corrected chi connectivity index (χ4v) is 6.08. The first-order valence-corrected chi connectivity index (χ1v) is 12.8. The number of fused-ring (bicyclic) bond motifs is 1. The highest BCUT2D eigenvalue weighted by Crippen LogP contribution is 2.56. The van der Waals surface area contributed by atoms with Crippen molar-refractivity contribution in [1.29, 1.82) is 0 Å². The molecule has 0 bridgehead atoms. The van der Waals surface area contributed by atoms with E-state index in [-0.39, 0.29) is 30.3 Å². The number of hydrogen-bond donors (Lipinski definition) is 3. The molecule has 14 heteroatoms. The lowest BCUT2D eigenvalue weighted by molar-refractivity contribution is -0.152. The minimum absolute atomic E-state index is 0.196. The highest BCUT2D eigenvalue weighted by molar-refractivity contribution is 8.01. The van der Waals surface area contributed by atoms with Gasteiger partial charge in [-0.25, -0.2) is 4.68 Å². The van der Waals surface area contributed by atoms with Gasteiger partial charge in [0.15, 0.2) is 11.9 Å². The van der Waals surface area contributed by atoms with Gasteiger partial charge < -0.3 is 30.4 Å². The van der Waals surface area contributed by atoms with Crippen molar-refractivity contribution in [1.82, 2.24) is 35.7 Å². The molecule has 196 valence electrons. The smallest absolute Gasteiger partial charge is 0.251 e. The molecule has 2 aromatic heterocycles. The second kappa shape index (κ2) is 11.0. The summed E-state index contributed by atoms with van der Waals surface area (Å²) in [6.45, 7) is 6.67. The topological polar surface area (TPSA) is 170 Å². The summed E-state index contributed by atoms with van der Waals surface area (Å²) in [5, 5.41) is 17.1. The van der Waals surface area contributed by atoms with E-state index >= 15 is 0 Å². The molecular weight excluding hydrogens is 488 g/mol. The Morgan fingerprint density at radius 3 is 2.86 bits per heavy atom. The van der Waals surface area contributed by atoms with Gasteiger partial charge >= 0.3 is 0 Å². The number of hydrogen-bond acceptors (Lipinski definition) is 10. The van der Waals surface area contributed by atoms with Gasteiger partial charge in [0.05, 0.1) is 12.8 Å². The van der Waals surface area contributed by atoms with Crippen molar-refractivity contribution in [2.75, 3.05) is 13.2 Å². The number of amides is 3. The molecule has 2 aromatic rings. The van der Waals surface area contributed by atoms with Crippen LogP contribution in [0.2, 0.25) is 0 Å². The summed E-state index contributed by atoms with van der Waals surface area (Å²) in [7, 11) is 0. The summed E-state index contributed by atoms with van der Waals surface area (Å²) in [6, 6.07) is 0.904. The van der Waals surface area contributed by atoms with Gasteiger partial charge in [0.1, 0.15) is 29.9 Å². The molecule has 3 amide bonds. The van der Waals surface area contributed by atoms with Crippen LogP contribution in [0.25, 0.3) is 0 Å². The third kappa shape index (κ3) is 5.11. The van der Waals surface area contributed by atoms with E-state index in [0.29, 0.717) is 12.4 Å². The number of nitrogens with two attached hydrogens (primary N) is 1. The molecule has 0 aliphatic carbocycles. The van der Waals surface area contributed by atoms with E-state index in [2.05, 4.69) is 33.1 Å². The third-order valence-corrected chi connectivity index (χ3v) is 7.80. The Kier molecular flexibility index (Phi) is 7.95. The molecule has 2 aliphatic rings. The Hall–Kier alpha value is -2.97. The lowest BCUT2D eigenvalue weighted by Gasteiger charge is -2.44. The lowest BCUT2D eigenvalue weighted by atomic mass is 9.95. The van der Waals surface area contributed by atoms with Gasteiger partial charge in [0.2, 0.25) is 11.8 Å². The molecule has 4 rings (SSSR count). The molecule has 2 fully saturated rings. The Balaban J connectivity index is 1.45. The zero-order valence-electron chi connectivity index (χ0n) is 20.5. The van der Waals surface area contributed by atoms with Gasteiger partial charge in [0.25, 0.3) is 5.91 Å². The zero-order chi connectivity index (χ0) is 25.9. The van der Waals surface area contributed by atoms with Crippen molar-refractivity contribution in [3.8, 4) is 0 Å². The monoisotopic (exact) mass is 520 g/mol. The lowest BCUT2D eigenvalue weighted by Crippen LogP contribution is -2.68. The molecule has 0 radical (unpaired) electrons. The van der Waals surface area contributed by atoms with Crippen molar-refractivity contribution >= 4 is 29.5 Å². The molecule has 0 spiro atoms. The minimum atomic E-state index is -1.11. The largest absolute Gasteiger partial charge is 0.467 e. The molecule has 4 heterocycles. The van der Waals surface area contributed by atoms with Gasteiger partial charge in [-0.2, -0.15) is 0 Å². The molecular formula is C22H32N8O5S. The van der Waals surface area contributed by atoms with E-state index in [1.165, 1.54) is 6.26 Å². The van der Waals surface area contributed by atoms with Crippen LogP contribution in [-0.4, -0.2) is 72.1 Å². The zero-order valence-corrected chi connectivity index (χ0v) is 21.4. The first-order valence-electron chi connectivity index (χ1n) is 12.0. The molecule has 4 N–H and O–H groups in total. The van der Waals surface area contributed by atoms with Crippen molar-refractivity contribution in [3.63, 3.8) is 0 Å². The van der Waals surface area contributed by atoms with Crippen LogP contribution in [0, 0.1) is 0 Å². The number of unbranched alkanes of at least 4 members (excludes halogenated alkanes) is 2. The van der Waals surface area contributed by atoms with E-state index < -0.39 is 34.7 Å². The summed E-state index contributed by atoms with van der Waals surface area (Å²) in [5.41, 5.74) is 5.39. The quantitative estimate of drug-likeness (QED) is 0.264.